The van der Waals surface area contributed by atoms with Gasteiger partial charge in [-0.05, 0) is 43.8 Å². The van der Waals surface area contributed by atoms with Crippen LogP contribution in [0.25, 0.3) is 0 Å². The lowest BCUT2D eigenvalue weighted by molar-refractivity contribution is 0.317. The van der Waals surface area contributed by atoms with Gasteiger partial charge in [0.1, 0.15) is 0 Å². The van der Waals surface area contributed by atoms with Crippen molar-refractivity contribution in [3.05, 3.63) is 17.5 Å². The summed E-state index contributed by atoms with van der Waals surface area (Å²) in [4.78, 5) is 0. The highest BCUT2D eigenvalue weighted by atomic mass is 15.2. The molecule has 0 aromatic carbocycles. The summed E-state index contributed by atoms with van der Waals surface area (Å²) in [6.45, 7) is 6.73. The molecule has 0 bridgehead atoms. The van der Waals surface area contributed by atoms with Crippen LogP contribution in [0.15, 0.2) is 6.20 Å². The van der Waals surface area contributed by atoms with Crippen LogP contribution in [0, 0.1) is 12.8 Å². The van der Waals surface area contributed by atoms with Gasteiger partial charge < -0.3 is 5.32 Å². The summed E-state index contributed by atoms with van der Waals surface area (Å²) in [5.41, 5.74) is 2.67. The van der Waals surface area contributed by atoms with E-state index in [2.05, 4.69) is 30.5 Å². The zero-order valence-corrected chi connectivity index (χ0v) is 9.95. The van der Waals surface area contributed by atoms with Crippen LogP contribution in [-0.4, -0.2) is 22.9 Å². The van der Waals surface area contributed by atoms with Gasteiger partial charge in [0.2, 0.25) is 0 Å². The topological polar surface area (TPSA) is 29.9 Å². The van der Waals surface area contributed by atoms with E-state index in [9.17, 15) is 0 Å². The summed E-state index contributed by atoms with van der Waals surface area (Å²) >= 11 is 0. The first-order valence-electron chi connectivity index (χ1n) is 5.93. The van der Waals surface area contributed by atoms with Gasteiger partial charge >= 0.3 is 0 Å². The van der Waals surface area contributed by atoms with Gasteiger partial charge in [-0.15, -0.1) is 0 Å². The molecule has 2 unspecified atom stereocenters. The minimum absolute atomic E-state index is 0.713. The Hall–Kier alpha value is -0.830. The molecule has 0 radical (unpaired) electrons. The summed E-state index contributed by atoms with van der Waals surface area (Å²) in [6, 6.07) is 0. The summed E-state index contributed by atoms with van der Waals surface area (Å²) in [7, 11) is 2.01. The molecule has 0 spiro atoms. The minimum Gasteiger partial charge on any atom is -0.316 e. The number of hydrogen-bond donors (Lipinski definition) is 1. The van der Waals surface area contributed by atoms with Crippen LogP contribution in [0.1, 0.15) is 36.9 Å². The van der Waals surface area contributed by atoms with Gasteiger partial charge in [0.15, 0.2) is 0 Å². The Labute approximate surface area is 91.9 Å². The predicted molar refractivity (Wildman–Crippen MR) is 62.0 cm³/mol. The Kier molecular flexibility index (Phi) is 3.10. The van der Waals surface area contributed by atoms with Gasteiger partial charge in [0.25, 0.3) is 0 Å². The maximum Gasteiger partial charge on any atom is 0.0628 e. The van der Waals surface area contributed by atoms with Crippen LogP contribution >= 0.6 is 0 Å². The Morgan fingerprint density at radius 3 is 3.00 bits per heavy atom. The number of aromatic nitrogens is 2. The molecule has 0 aliphatic carbocycles. The maximum atomic E-state index is 4.45. The van der Waals surface area contributed by atoms with E-state index in [1.807, 2.05) is 11.7 Å². The molecule has 1 aromatic heterocycles. The molecule has 1 aliphatic heterocycles. The van der Waals surface area contributed by atoms with E-state index in [1.54, 1.807) is 0 Å². The second-order valence-electron chi connectivity index (χ2n) is 4.61. The Morgan fingerprint density at radius 2 is 2.40 bits per heavy atom. The van der Waals surface area contributed by atoms with Crippen LogP contribution in [-0.2, 0) is 7.05 Å². The zero-order valence-electron chi connectivity index (χ0n) is 9.95. The van der Waals surface area contributed by atoms with Gasteiger partial charge in [0.05, 0.1) is 5.69 Å². The fourth-order valence-corrected chi connectivity index (χ4v) is 2.74. The third-order valence-corrected chi connectivity index (χ3v) is 3.58. The number of hydrogen-bond acceptors (Lipinski definition) is 2. The Bertz CT molecular complexity index is 330. The van der Waals surface area contributed by atoms with Crippen molar-refractivity contribution in [2.24, 2.45) is 13.0 Å². The Balaban J connectivity index is 2.23. The Morgan fingerprint density at radius 1 is 1.60 bits per heavy atom. The molecule has 0 amide bonds. The van der Waals surface area contributed by atoms with Crippen molar-refractivity contribution >= 4 is 0 Å². The molecule has 1 aliphatic rings. The number of nitrogens with zero attached hydrogens (tertiary/aromatic N) is 2. The lowest BCUT2D eigenvalue weighted by Gasteiger charge is -2.31. The first-order chi connectivity index (χ1) is 7.22. The predicted octanol–water partition coefficient (Wildman–Crippen LogP) is 1.83. The van der Waals surface area contributed by atoms with E-state index in [-0.39, 0.29) is 0 Å². The van der Waals surface area contributed by atoms with Crippen LogP contribution in [0.4, 0.5) is 0 Å². The second kappa shape index (κ2) is 4.35. The monoisotopic (exact) mass is 207 g/mol. The largest absolute Gasteiger partial charge is 0.316 e. The number of nitrogens with one attached hydrogen (secondary N) is 1. The van der Waals surface area contributed by atoms with Gasteiger partial charge in [-0.2, -0.15) is 5.10 Å². The van der Waals surface area contributed by atoms with Crippen molar-refractivity contribution < 1.29 is 0 Å². The van der Waals surface area contributed by atoms with E-state index in [1.165, 1.54) is 24.1 Å². The van der Waals surface area contributed by atoms with Gasteiger partial charge in [-0.3, -0.25) is 4.68 Å². The quantitative estimate of drug-likeness (QED) is 0.802. The van der Waals surface area contributed by atoms with Gasteiger partial charge in [-0.25, -0.2) is 0 Å². The molecule has 0 saturated carbocycles. The third kappa shape index (κ3) is 2.07. The summed E-state index contributed by atoms with van der Waals surface area (Å²) in [5.74, 6) is 1.49. The normalized spacial score (nSPS) is 26.9. The summed E-state index contributed by atoms with van der Waals surface area (Å²) in [6.07, 6.45) is 4.71. The molecule has 3 nitrogen and oxygen atoms in total. The molecule has 2 heterocycles. The van der Waals surface area contributed by atoms with Crippen LogP contribution in [0.2, 0.25) is 0 Å². The first-order valence-corrected chi connectivity index (χ1v) is 5.93. The lowest BCUT2D eigenvalue weighted by atomic mass is 9.80. The SMILES string of the molecule is CCC1CNCCC1c1cn(C)nc1C. The van der Waals surface area contributed by atoms with Crippen molar-refractivity contribution in [3.8, 4) is 0 Å². The summed E-state index contributed by atoms with van der Waals surface area (Å²) < 4.78 is 1.94. The van der Waals surface area contributed by atoms with E-state index in [0.29, 0.717) is 5.92 Å². The van der Waals surface area contributed by atoms with Crippen molar-refractivity contribution in [1.82, 2.24) is 15.1 Å². The van der Waals surface area contributed by atoms with Crippen LogP contribution < -0.4 is 5.32 Å². The highest BCUT2D eigenvalue weighted by Gasteiger charge is 2.27. The van der Waals surface area contributed by atoms with Gasteiger partial charge in [-0.1, -0.05) is 13.3 Å². The van der Waals surface area contributed by atoms with E-state index in [4.69, 9.17) is 0 Å². The molecule has 1 N–H and O–H groups in total. The highest BCUT2D eigenvalue weighted by molar-refractivity contribution is 5.22. The first kappa shape index (κ1) is 10.7. The standard InChI is InChI=1S/C12H21N3/c1-4-10-7-13-6-5-11(10)12-8-15(3)14-9(12)2/h8,10-11,13H,4-7H2,1-3H3. The number of piperidine rings is 1. The molecule has 2 atom stereocenters. The van der Waals surface area contributed by atoms with Crippen molar-refractivity contribution in [2.75, 3.05) is 13.1 Å². The van der Waals surface area contributed by atoms with E-state index >= 15 is 0 Å². The molecule has 15 heavy (non-hydrogen) atoms. The second-order valence-corrected chi connectivity index (χ2v) is 4.61. The lowest BCUT2D eigenvalue weighted by Crippen LogP contribution is -2.35. The molecule has 1 fully saturated rings. The summed E-state index contributed by atoms with van der Waals surface area (Å²) in [5, 5.41) is 7.94. The maximum absolute atomic E-state index is 4.45. The molecule has 2 rings (SSSR count). The smallest absolute Gasteiger partial charge is 0.0628 e. The molecule has 84 valence electrons. The highest BCUT2D eigenvalue weighted by Crippen LogP contribution is 2.33. The molecule has 3 heteroatoms. The molecular weight excluding hydrogens is 186 g/mol. The fraction of sp³-hybridized carbons (Fsp3) is 0.750. The van der Waals surface area contributed by atoms with Crippen molar-refractivity contribution in [2.45, 2.75) is 32.6 Å². The zero-order chi connectivity index (χ0) is 10.8. The average molecular weight is 207 g/mol. The number of aryl methyl sites for hydroxylation is 2. The molecule has 1 saturated heterocycles. The molecular formula is C12H21N3. The van der Waals surface area contributed by atoms with Crippen LogP contribution in [0.3, 0.4) is 0 Å². The van der Waals surface area contributed by atoms with E-state index in [0.717, 1.165) is 19.0 Å². The van der Waals surface area contributed by atoms with E-state index < -0.39 is 0 Å². The number of rotatable bonds is 2. The minimum atomic E-state index is 0.713. The van der Waals surface area contributed by atoms with Crippen molar-refractivity contribution in [1.29, 1.82) is 0 Å². The fourth-order valence-electron chi connectivity index (χ4n) is 2.74. The third-order valence-electron chi connectivity index (χ3n) is 3.58. The average Bonchev–Trinajstić information content (AvgIpc) is 2.57. The van der Waals surface area contributed by atoms with Gasteiger partial charge in [0, 0.05) is 13.2 Å². The van der Waals surface area contributed by atoms with Crippen molar-refractivity contribution in [3.63, 3.8) is 0 Å². The van der Waals surface area contributed by atoms with Crippen LogP contribution in [0.5, 0.6) is 0 Å². The molecule has 1 aromatic rings.